The molecule has 0 atom stereocenters. The molecule has 0 aromatic heterocycles. The molecule has 0 saturated carbocycles. The van der Waals surface area contributed by atoms with Crippen molar-refractivity contribution in [1.82, 2.24) is 0 Å². The Bertz CT molecular complexity index is 890. The molecule has 0 unspecified atom stereocenters. The largest absolute Gasteiger partial charge is 0.493 e. The summed E-state index contributed by atoms with van der Waals surface area (Å²) in [7, 11) is 0. The second kappa shape index (κ2) is 11.7. The first-order chi connectivity index (χ1) is 15.1. The van der Waals surface area contributed by atoms with Gasteiger partial charge < -0.3 is 4.74 Å². The monoisotopic (exact) mass is 419 g/mol. The average molecular weight is 420 g/mol. The van der Waals surface area contributed by atoms with E-state index in [0.29, 0.717) is 0 Å². The first-order valence-electron chi connectivity index (χ1n) is 11.9. The zero-order valence-electron chi connectivity index (χ0n) is 19.9. The van der Waals surface area contributed by atoms with Crippen LogP contribution in [0.3, 0.4) is 0 Å². The van der Waals surface area contributed by atoms with E-state index in [9.17, 15) is 0 Å². The van der Waals surface area contributed by atoms with E-state index in [1.807, 2.05) is 13.0 Å². The summed E-state index contributed by atoms with van der Waals surface area (Å²) in [5, 5.41) is 0. The average Bonchev–Trinajstić information content (AvgIpc) is 2.74. The minimum atomic E-state index is 0.796. The minimum Gasteiger partial charge on any atom is -0.493 e. The molecular weight excluding hydrogens is 380 g/mol. The van der Waals surface area contributed by atoms with Gasteiger partial charge in [-0.1, -0.05) is 48.0 Å². The van der Waals surface area contributed by atoms with Crippen LogP contribution in [0.4, 0.5) is 5.69 Å². The van der Waals surface area contributed by atoms with Gasteiger partial charge in [0.2, 0.25) is 6.34 Å². The maximum atomic E-state index is 6.01. The molecule has 1 aliphatic rings. The van der Waals surface area contributed by atoms with Crippen LogP contribution in [-0.4, -0.2) is 37.2 Å². The van der Waals surface area contributed by atoms with E-state index >= 15 is 0 Å². The van der Waals surface area contributed by atoms with Gasteiger partial charge in [0.25, 0.3) is 0 Å². The lowest BCUT2D eigenvalue weighted by Crippen LogP contribution is -2.37. The van der Waals surface area contributed by atoms with Crippen molar-refractivity contribution in [3.05, 3.63) is 64.7 Å². The molecule has 0 bridgehead atoms. The zero-order valence-corrected chi connectivity index (χ0v) is 19.9. The summed E-state index contributed by atoms with van der Waals surface area (Å²) < 4.78 is 8.51. The SMILES string of the molecule is C/C=C\c1ccccc1OCCCCCC[N+]1=CN(c2c(C)cc(C)cc2C)CCC1. The van der Waals surface area contributed by atoms with Gasteiger partial charge in [-0.3, -0.25) is 4.58 Å². The molecular formula is C28H39N2O+. The van der Waals surface area contributed by atoms with Gasteiger partial charge in [-0.2, -0.15) is 0 Å². The lowest BCUT2D eigenvalue weighted by atomic mass is 10.0. The summed E-state index contributed by atoms with van der Waals surface area (Å²) in [4.78, 5) is 2.46. The van der Waals surface area contributed by atoms with Gasteiger partial charge in [0.15, 0.2) is 0 Å². The zero-order chi connectivity index (χ0) is 22.1. The number of benzene rings is 2. The van der Waals surface area contributed by atoms with Crippen LogP contribution in [0.15, 0.2) is 42.5 Å². The van der Waals surface area contributed by atoms with Gasteiger partial charge in [-0.15, -0.1) is 0 Å². The molecule has 3 heteroatoms. The molecule has 2 aromatic carbocycles. The van der Waals surface area contributed by atoms with Gasteiger partial charge in [0.05, 0.1) is 26.2 Å². The van der Waals surface area contributed by atoms with E-state index < -0.39 is 0 Å². The van der Waals surface area contributed by atoms with Crippen molar-refractivity contribution in [2.24, 2.45) is 0 Å². The molecule has 0 spiro atoms. The molecule has 166 valence electrons. The predicted octanol–water partition coefficient (Wildman–Crippen LogP) is 6.54. The molecule has 0 radical (unpaired) electrons. The second-order valence-electron chi connectivity index (χ2n) is 8.75. The van der Waals surface area contributed by atoms with E-state index in [-0.39, 0.29) is 0 Å². The van der Waals surface area contributed by atoms with Crippen LogP contribution >= 0.6 is 0 Å². The number of allylic oxidation sites excluding steroid dienone is 1. The van der Waals surface area contributed by atoms with Crippen LogP contribution in [0.1, 0.15) is 61.3 Å². The van der Waals surface area contributed by atoms with Crippen molar-refractivity contribution in [3.63, 3.8) is 0 Å². The van der Waals surface area contributed by atoms with Gasteiger partial charge in [0.1, 0.15) is 11.4 Å². The van der Waals surface area contributed by atoms with Crippen molar-refractivity contribution < 1.29 is 9.31 Å². The topological polar surface area (TPSA) is 15.5 Å². The van der Waals surface area contributed by atoms with Crippen molar-refractivity contribution in [1.29, 1.82) is 0 Å². The fourth-order valence-electron chi connectivity index (χ4n) is 4.60. The molecule has 1 heterocycles. The summed E-state index contributed by atoms with van der Waals surface area (Å²) in [5.74, 6) is 0.991. The molecule has 0 saturated heterocycles. The lowest BCUT2D eigenvalue weighted by molar-refractivity contribution is -0.527. The molecule has 0 N–H and O–H groups in total. The summed E-state index contributed by atoms with van der Waals surface area (Å²) >= 11 is 0. The Labute approximate surface area is 189 Å². The van der Waals surface area contributed by atoms with Gasteiger partial charge in [-0.05, 0) is 70.6 Å². The standard InChI is InChI=1S/C28H39N2O/c1-5-13-26-14-8-9-15-27(26)31-19-11-7-6-10-16-29-17-12-18-30(22-29)28-24(3)20-23(2)21-25(28)4/h5,8-9,13-15,20-22H,6-7,10-12,16-19H2,1-4H3/q+1/b13-5-. The molecule has 31 heavy (non-hydrogen) atoms. The highest BCUT2D eigenvalue weighted by molar-refractivity contribution is 5.80. The molecule has 1 aliphatic heterocycles. The number of nitrogens with zero attached hydrogens (tertiary/aromatic N) is 2. The van der Waals surface area contributed by atoms with E-state index in [1.54, 1.807) is 0 Å². The Kier molecular flexibility index (Phi) is 8.75. The summed E-state index contributed by atoms with van der Waals surface area (Å²) in [6.45, 7) is 12.9. The first kappa shape index (κ1) is 23.1. The summed E-state index contributed by atoms with van der Waals surface area (Å²) in [6, 6.07) is 12.9. The Morgan fingerprint density at radius 3 is 2.52 bits per heavy atom. The van der Waals surface area contributed by atoms with E-state index in [0.717, 1.165) is 37.4 Å². The number of hydrogen-bond donors (Lipinski definition) is 0. The number of hydrogen-bond acceptors (Lipinski definition) is 2. The van der Waals surface area contributed by atoms with Crippen LogP contribution in [-0.2, 0) is 0 Å². The number of aryl methyl sites for hydroxylation is 3. The Morgan fingerprint density at radius 2 is 1.74 bits per heavy atom. The number of para-hydroxylation sites is 1. The Balaban J connectivity index is 1.41. The normalized spacial score (nSPS) is 14.2. The van der Waals surface area contributed by atoms with E-state index in [4.69, 9.17) is 4.74 Å². The molecule has 0 aliphatic carbocycles. The third kappa shape index (κ3) is 6.72. The van der Waals surface area contributed by atoms with Crippen molar-refractivity contribution >= 4 is 18.1 Å². The Hall–Kier alpha value is -2.55. The van der Waals surface area contributed by atoms with Crippen LogP contribution in [0.5, 0.6) is 5.75 Å². The summed E-state index contributed by atoms with van der Waals surface area (Å²) in [5.41, 5.74) is 6.67. The second-order valence-corrected chi connectivity index (χ2v) is 8.75. The third-order valence-electron chi connectivity index (χ3n) is 5.93. The quantitative estimate of drug-likeness (QED) is 0.321. The highest BCUT2D eigenvalue weighted by Crippen LogP contribution is 2.26. The van der Waals surface area contributed by atoms with Crippen LogP contribution < -0.4 is 9.64 Å². The first-order valence-corrected chi connectivity index (χ1v) is 11.9. The number of anilines is 1. The maximum absolute atomic E-state index is 6.01. The van der Waals surface area contributed by atoms with E-state index in [1.165, 1.54) is 54.6 Å². The smallest absolute Gasteiger partial charge is 0.239 e. The van der Waals surface area contributed by atoms with Gasteiger partial charge in [0, 0.05) is 12.0 Å². The molecule has 0 fully saturated rings. The predicted molar refractivity (Wildman–Crippen MR) is 134 cm³/mol. The van der Waals surface area contributed by atoms with Crippen LogP contribution in [0, 0.1) is 20.8 Å². The van der Waals surface area contributed by atoms with Crippen molar-refractivity contribution in [3.8, 4) is 5.75 Å². The number of ether oxygens (including phenoxy) is 1. The third-order valence-corrected chi connectivity index (χ3v) is 5.93. The molecule has 0 amide bonds. The van der Waals surface area contributed by atoms with Gasteiger partial charge >= 0.3 is 0 Å². The van der Waals surface area contributed by atoms with E-state index in [2.05, 4.69) is 79.1 Å². The van der Waals surface area contributed by atoms with Crippen molar-refractivity contribution in [2.45, 2.75) is 59.8 Å². The van der Waals surface area contributed by atoms with Crippen LogP contribution in [0.25, 0.3) is 6.08 Å². The van der Waals surface area contributed by atoms with Crippen molar-refractivity contribution in [2.75, 3.05) is 31.1 Å². The number of unbranched alkanes of at least 4 members (excludes halogenated alkanes) is 3. The fraction of sp³-hybridized carbons (Fsp3) is 0.464. The molecule has 3 nitrogen and oxygen atoms in total. The highest BCUT2D eigenvalue weighted by atomic mass is 16.5. The molecule has 3 rings (SSSR count). The van der Waals surface area contributed by atoms with Gasteiger partial charge in [-0.25, -0.2) is 4.90 Å². The highest BCUT2D eigenvalue weighted by Gasteiger charge is 2.22. The minimum absolute atomic E-state index is 0.796. The maximum Gasteiger partial charge on any atom is 0.239 e. The Morgan fingerprint density at radius 1 is 1.00 bits per heavy atom. The fourth-order valence-corrected chi connectivity index (χ4v) is 4.60. The van der Waals surface area contributed by atoms with Crippen LogP contribution in [0.2, 0.25) is 0 Å². The number of rotatable bonds is 10. The summed E-state index contributed by atoms with van der Waals surface area (Å²) in [6.07, 6.45) is 12.6. The molecule has 2 aromatic rings. The lowest BCUT2D eigenvalue weighted by Gasteiger charge is -2.23.